The molecule has 0 bridgehead atoms. The van der Waals surface area contributed by atoms with Crippen LogP contribution < -0.4 is 5.32 Å². The van der Waals surface area contributed by atoms with Crippen LogP contribution in [0.3, 0.4) is 0 Å². The van der Waals surface area contributed by atoms with E-state index in [0.29, 0.717) is 18.7 Å². The van der Waals surface area contributed by atoms with Crippen LogP contribution in [0.15, 0.2) is 59.5 Å². The van der Waals surface area contributed by atoms with Crippen molar-refractivity contribution in [1.29, 1.82) is 0 Å². The number of amides is 1. The molecule has 0 aromatic heterocycles. The summed E-state index contributed by atoms with van der Waals surface area (Å²) in [5.41, 5.74) is 1.70. The van der Waals surface area contributed by atoms with Crippen LogP contribution in [-0.4, -0.2) is 69.0 Å². The lowest BCUT2D eigenvalue weighted by Crippen LogP contribution is -2.47. The van der Waals surface area contributed by atoms with E-state index in [0.717, 1.165) is 45.3 Å². The van der Waals surface area contributed by atoms with Crippen LogP contribution in [0, 0.1) is 0 Å². The smallest absolute Gasteiger partial charge is 0.251 e. The molecule has 0 spiro atoms. The summed E-state index contributed by atoms with van der Waals surface area (Å²) >= 11 is 0. The molecule has 1 aliphatic carbocycles. The van der Waals surface area contributed by atoms with E-state index < -0.39 is 10.0 Å². The Bertz CT molecular complexity index is 1040. The number of carbonyl (C=O) groups excluding carboxylic acids is 1. The second kappa shape index (κ2) is 11.4. The number of rotatable bonds is 8. The maximum atomic E-state index is 13.0. The highest BCUT2D eigenvalue weighted by Crippen LogP contribution is 2.26. The Morgan fingerprint density at radius 1 is 1.06 bits per heavy atom. The van der Waals surface area contributed by atoms with E-state index >= 15 is 0 Å². The van der Waals surface area contributed by atoms with E-state index in [1.807, 2.05) is 18.2 Å². The molecule has 1 amide bonds. The van der Waals surface area contributed by atoms with E-state index in [1.165, 1.54) is 28.4 Å². The molecule has 8 heteroatoms. The third-order valence-corrected chi connectivity index (χ3v) is 8.77. The highest BCUT2D eigenvalue weighted by molar-refractivity contribution is 7.89. The molecular weight excluding hydrogens is 450 g/mol. The SMILES string of the molecule is CN(C1CCCCC1)S(=O)(=O)c1ccc(C(=O)NCC2CN(Cc3ccccc3)CCO2)cc1. The van der Waals surface area contributed by atoms with Gasteiger partial charge in [-0.05, 0) is 42.7 Å². The van der Waals surface area contributed by atoms with E-state index in [9.17, 15) is 13.2 Å². The fourth-order valence-corrected chi connectivity index (χ4v) is 6.20. The summed E-state index contributed by atoms with van der Waals surface area (Å²) in [4.78, 5) is 15.2. The summed E-state index contributed by atoms with van der Waals surface area (Å²) < 4.78 is 33.4. The second-order valence-corrected chi connectivity index (χ2v) is 11.3. The van der Waals surface area contributed by atoms with Gasteiger partial charge in [-0.1, -0.05) is 49.6 Å². The van der Waals surface area contributed by atoms with Crippen LogP contribution in [0.25, 0.3) is 0 Å². The first kappa shape index (κ1) is 24.9. The Labute approximate surface area is 203 Å². The third kappa shape index (κ3) is 6.24. The zero-order chi connectivity index (χ0) is 24.0. The monoisotopic (exact) mass is 485 g/mol. The van der Waals surface area contributed by atoms with Gasteiger partial charge in [0.15, 0.2) is 0 Å². The molecule has 7 nitrogen and oxygen atoms in total. The molecule has 2 aliphatic rings. The largest absolute Gasteiger partial charge is 0.374 e. The number of hydrogen-bond acceptors (Lipinski definition) is 5. The van der Waals surface area contributed by atoms with Crippen molar-refractivity contribution < 1.29 is 17.9 Å². The van der Waals surface area contributed by atoms with Crippen LogP contribution in [0.2, 0.25) is 0 Å². The molecule has 4 rings (SSSR count). The van der Waals surface area contributed by atoms with Gasteiger partial charge in [0.25, 0.3) is 5.91 Å². The van der Waals surface area contributed by atoms with Crippen molar-refractivity contribution >= 4 is 15.9 Å². The van der Waals surface area contributed by atoms with Crippen LogP contribution in [0.5, 0.6) is 0 Å². The van der Waals surface area contributed by atoms with Crippen molar-refractivity contribution in [2.45, 2.75) is 55.7 Å². The van der Waals surface area contributed by atoms with Gasteiger partial charge < -0.3 is 10.1 Å². The maximum Gasteiger partial charge on any atom is 0.251 e. The van der Waals surface area contributed by atoms with Gasteiger partial charge in [-0.2, -0.15) is 4.31 Å². The van der Waals surface area contributed by atoms with Crippen molar-refractivity contribution in [3.63, 3.8) is 0 Å². The third-order valence-electron chi connectivity index (χ3n) is 6.84. The van der Waals surface area contributed by atoms with Crippen molar-refractivity contribution in [2.24, 2.45) is 0 Å². The topological polar surface area (TPSA) is 79.0 Å². The van der Waals surface area contributed by atoms with Gasteiger partial charge in [-0.15, -0.1) is 0 Å². The molecule has 1 atom stereocenters. The Morgan fingerprint density at radius 3 is 2.47 bits per heavy atom. The Kier molecular flexibility index (Phi) is 8.37. The number of carbonyl (C=O) groups is 1. The highest BCUT2D eigenvalue weighted by atomic mass is 32.2. The van der Waals surface area contributed by atoms with Crippen LogP contribution in [-0.2, 0) is 21.3 Å². The molecule has 184 valence electrons. The predicted octanol–water partition coefficient (Wildman–Crippen LogP) is 3.27. The minimum absolute atomic E-state index is 0.0543. The average Bonchev–Trinajstić information content (AvgIpc) is 2.88. The first-order chi connectivity index (χ1) is 16.4. The molecule has 1 unspecified atom stereocenters. The molecule has 2 aromatic carbocycles. The molecule has 0 radical (unpaired) electrons. The molecule has 1 saturated carbocycles. The number of ether oxygens (including phenoxy) is 1. The van der Waals surface area contributed by atoms with Gasteiger partial charge in [0.1, 0.15) is 0 Å². The normalized spacial score (nSPS) is 20.4. The number of nitrogens with one attached hydrogen (secondary N) is 1. The van der Waals surface area contributed by atoms with Gasteiger partial charge in [-0.3, -0.25) is 9.69 Å². The molecule has 1 heterocycles. The predicted molar refractivity (Wildman–Crippen MR) is 132 cm³/mol. The number of morpholine rings is 1. The van der Waals surface area contributed by atoms with Crippen LogP contribution in [0.1, 0.15) is 48.0 Å². The van der Waals surface area contributed by atoms with E-state index in [-0.39, 0.29) is 22.9 Å². The lowest BCUT2D eigenvalue weighted by atomic mass is 9.96. The van der Waals surface area contributed by atoms with Gasteiger partial charge >= 0.3 is 0 Å². The summed E-state index contributed by atoms with van der Waals surface area (Å²) in [6, 6.07) is 16.6. The average molecular weight is 486 g/mol. The van der Waals surface area contributed by atoms with Crippen molar-refractivity contribution in [1.82, 2.24) is 14.5 Å². The Balaban J connectivity index is 1.29. The fraction of sp³-hybridized carbons (Fsp3) is 0.500. The number of benzene rings is 2. The van der Waals surface area contributed by atoms with Crippen LogP contribution in [0.4, 0.5) is 0 Å². The van der Waals surface area contributed by atoms with E-state index in [1.54, 1.807) is 19.2 Å². The van der Waals surface area contributed by atoms with Crippen molar-refractivity contribution in [2.75, 3.05) is 33.3 Å². The zero-order valence-electron chi connectivity index (χ0n) is 19.9. The summed E-state index contributed by atoms with van der Waals surface area (Å²) in [6.07, 6.45) is 5.04. The minimum Gasteiger partial charge on any atom is -0.374 e. The molecule has 2 aromatic rings. The molecule has 34 heavy (non-hydrogen) atoms. The van der Waals surface area contributed by atoms with Crippen molar-refractivity contribution in [3.05, 3.63) is 65.7 Å². The highest BCUT2D eigenvalue weighted by Gasteiger charge is 2.29. The second-order valence-electron chi connectivity index (χ2n) is 9.26. The van der Waals surface area contributed by atoms with E-state index in [2.05, 4.69) is 22.3 Å². The molecule has 1 aliphatic heterocycles. The Morgan fingerprint density at radius 2 is 1.76 bits per heavy atom. The summed E-state index contributed by atoms with van der Waals surface area (Å²) in [5.74, 6) is -0.228. The molecule has 1 N–H and O–H groups in total. The lowest BCUT2D eigenvalue weighted by molar-refractivity contribution is -0.0292. The number of nitrogens with zero attached hydrogens (tertiary/aromatic N) is 2. The zero-order valence-corrected chi connectivity index (χ0v) is 20.7. The summed E-state index contributed by atoms with van der Waals surface area (Å²) in [5, 5.41) is 2.94. The van der Waals surface area contributed by atoms with Gasteiger partial charge in [0.05, 0.1) is 17.6 Å². The minimum atomic E-state index is -3.57. The molecular formula is C26H35N3O4S. The maximum absolute atomic E-state index is 13.0. The molecule has 1 saturated heterocycles. The molecule has 2 fully saturated rings. The number of hydrogen-bond donors (Lipinski definition) is 1. The Hall–Kier alpha value is -2.26. The van der Waals surface area contributed by atoms with Gasteiger partial charge in [-0.25, -0.2) is 8.42 Å². The summed E-state index contributed by atoms with van der Waals surface area (Å²) in [6.45, 7) is 3.52. The standard InChI is InChI=1S/C26H35N3O4S/c1-28(23-10-6-3-7-11-23)34(31,32)25-14-12-22(13-15-25)26(30)27-18-24-20-29(16-17-33-24)19-21-8-4-2-5-9-21/h2,4-5,8-9,12-15,23-24H,3,6-7,10-11,16-20H2,1H3,(H,27,30). The first-order valence-corrected chi connectivity index (χ1v) is 13.6. The van der Waals surface area contributed by atoms with E-state index in [4.69, 9.17) is 4.74 Å². The fourth-order valence-electron chi connectivity index (χ4n) is 4.78. The van der Waals surface area contributed by atoms with Gasteiger partial charge in [0, 0.05) is 44.8 Å². The lowest BCUT2D eigenvalue weighted by Gasteiger charge is -2.33. The summed E-state index contributed by atoms with van der Waals surface area (Å²) in [7, 11) is -1.90. The van der Waals surface area contributed by atoms with Crippen LogP contribution >= 0.6 is 0 Å². The van der Waals surface area contributed by atoms with Crippen molar-refractivity contribution in [3.8, 4) is 0 Å². The first-order valence-electron chi connectivity index (χ1n) is 12.2. The number of sulfonamides is 1. The quantitative estimate of drug-likeness (QED) is 0.621. The van der Waals surface area contributed by atoms with Gasteiger partial charge in [0.2, 0.25) is 10.0 Å².